The summed E-state index contributed by atoms with van der Waals surface area (Å²) in [4.78, 5) is 16.4. The predicted octanol–water partition coefficient (Wildman–Crippen LogP) is 2.66. The minimum atomic E-state index is -0.272. The van der Waals surface area contributed by atoms with Gasteiger partial charge in [0, 0.05) is 12.3 Å². The summed E-state index contributed by atoms with van der Waals surface area (Å²) < 4.78 is 10.3. The van der Waals surface area contributed by atoms with Crippen LogP contribution in [0.1, 0.15) is 15.9 Å². The molecule has 0 saturated carbocycles. The first kappa shape index (κ1) is 13.9. The van der Waals surface area contributed by atoms with Crippen LogP contribution in [0.4, 0.5) is 5.82 Å². The summed E-state index contributed by atoms with van der Waals surface area (Å²) in [7, 11) is 3.07. The standard InChI is InChI=1S/C15H16N2O3/c1-10-5-4-8-16-14(10)17-15(18)12-7-6-11(19-2)9-13(12)20-3/h4-9H,1-3H3,(H,16,17,18). The highest BCUT2D eigenvalue weighted by Crippen LogP contribution is 2.25. The van der Waals surface area contributed by atoms with E-state index in [1.165, 1.54) is 7.11 Å². The Bertz CT molecular complexity index is 626. The number of carbonyl (C=O) groups excluding carboxylic acids is 1. The summed E-state index contributed by atoms with van der Waals surface area (Å²) >= 11 is 0. The van der Waals surface area contributed by atoms with Crippen molar-refractivity contribution in [2.45, 2.75) is 6.92 Å². The molecular weight excluding hydrogens is 256 g/mol. The van der Waals surface area contributed by atoms with Crippen LogP contribution in [0.15, 0.2) is 36.5 Å². The number of ether oxygens (including phenoxy) is 2. The average molecular weight is 272 g/mol. The van der Waals surface area contributed by atoms with Crippen LogP contribution in [0.25, 0.3) is 0 Å². The smallest absolute Gasteiger partial charge is 0.260 e. The van der Waals surface area contributed by atoms with E-state index < -0.39 is 0 Å². The van der Waals surface area contributed by atoms with E-state index in [1.54, 1.807) is 31.5 Å². The maximum absolute atomic E-state index is 12.3. The molecule has 0 bridgehead atoms. The molecule has 20 heavy (non-hydrogen) atoms. The number of amides is 1. The van der Waals surface area contributed by atoms with Crippen LogP contribution in [0.3, 0.4) is 0 Å². The Balaban J connectivity index is 2.27. The predicted molar refractivity (Wildman–Crippen MR) is 76.5 cm³/mol. The van der Waals surface area contributed by atoms with Crippen LogP contribution in [-0.2, 0) is 0 Å². The van der Waals surface area contributed by atoms with E-state index in [1.807, 2.05) is 19.1 Å². The summed E-state index contributed by atoms with van der Waals surface area (Å²) in [5.41, 5.74) is 1.33. The number of aryl methyl sites for hydroxylation is 1. The lowest BCUT2D eigenvalue weighted by Gasteiger charge is -2.11. The van der Waals surface area contributed by atoms with Crippen LogP contribution in [-0.4, -0.2) is 25.1 Å². The Morgan fingerprint density at radius 1 is 1.20 bits per heavy atom. The van der Waals surface area contributed by atoms with Gasteiger partial charge in [0.05, 0.1) is 19.8 Å². The van der Waals surface area contributed by atoms with Crippen molar-refractivity contribution < 1.29 is 14.3 Å². The molecule has 0 aliphatic rings. The monoisotopic (exact) mass is 272 g/mol. The summed E-state index contributed by atoms with van der Waals surface area (Å²) in [6.45, 7) is 1.88. The Morgan fingerprint density at radius 2 is 2.00 bits per heavy atom. The molecule has 5 nitrogen and oxygen atoms in total. The second-order valence-corrected chi connectivity index (χ2v) is 4.19. The molecule has 0 spiro atoms. The normalized spacial score (nSPS) is 9.95. The summed E-state index contributed by atoms with van der Waals surface area (Å²) in [6, 6.07) is 8.74. The first-order chi connectivity index (χ1) is 9.65. The van der Waals surface area contributed by atoms with Gasteiger partial charge in [0.1, 0.15) is 17.3 Å². The lowest BCUT2D eigenvalue weighted by Crippen LogP contribution is -2.15. The topological polar surface area (TPSA) is 60.5 Å². The van der Waals surface area contributed by atoms with Gasteiger partial charge in [0.15, 0.2) is 0 Å². The number of anilines is 1. The molecule has 1 amide bonds. The van der Waals surface area contributed by atoms with Crippen molar-refractivity contribution >= 4 is 11.7 Å². The van der Waals surface area contributed by atoms with Crippen molar-refractivity contribution in [3.63, 3.8) is 0 Å². The minimum absolute atomic E-state index is 0.272. The van der Waals surface area contributed by atoms with Crippen molar-refractivity contribution in [3.8, 4) is 11.5 Å². The fourth-order valence-corrected chi connectivity index (χ4v) is 1.78. The first-order valence-electron chi connectivity index (χ1n) is 6.10. The van der Waals surface area contributed by atoms with Gasteiger partial charge < -0.3 is 14.8 Å². The van der Waals surface area contributed by atoms with Gasteiger partial charge in [-0.15, -0.1) is 0 Å². The lowest BCUT2D eigenvalue weighted by molar-refractivity contribution is 0.102. The molecule has 0 atom stereocenters. The summed E-state index contributed by atoms with van der Waals surface area (Å²) in [5.74, 6) is 1.35. The zero-order valence-electron chi connectivity index (χ0n) is 11.6. The fourth-order valence-electron chi connectivity index (χ4n) is 1.78. The Kier molecular flexibility index (Phi) is 4.20. The van der Waals surface area contributed by atoms with Crippen LogP contribution in [0, 0.1) is 6.92 Å². The molecule has 1 aromatic heterocycles. The van der Waals surface area contributed by atoms with E-state index in [4.69, 9.17) is 9.47 Å². The Labute approximate surface area is 117 Å². The van der Waals surface area contributed by atoms with Crippen molar-refractivity contribution in [2.24, 2.45) is 0 Å². The van der Waals surface area contributed by atoms with Gasteiger partial charge in [-0.1, -0.05) is 6.07 Å². The van der Waals surface area contributed by atoms with Crippen molar-refractivity contribution in [1.29, 1.82) is 0 Å². The molecule has 0 fully saturated rings. The molecule has 2 aromatic rings. The molecular formula is C15H16N2O3. The number of benzene rings is 1. The van der Waals surface area contributed by atoms with Crippen LogP contribution < -0.4 is 14.8 Å². The second kappa shape index (κ2) is 6.06. The number of aromatic nitrogens is 1. The molecule has 104 valence electrons. The maximum Gasteiger partial charge on any atom is 0.260 e. The van der Waals surface area contributed by atoms with Crippen LogP contribution in [0.5, 0.6) is 11.5 Å². The third kappa shape index (κ3) is 2.88. The highest BCUT2D eigenvalue weighted by molar-refractivity contribution is 6.06. The highest BCUT2D eigenvalue weighted by atomic mass is 16.5. The van der Waals surface area contributed by atoms with Crippen LogP contribution >= 0.6 is 0 Å². The molecule has 0 radical (unpaired) electrons. The maximum atomic E-state index is 12.3. The van der Waals surface area contributed by atoms with Crippen molar-refractivity contribution in [2.75, 3.05) is 19.5 Å². The number of hydrogen-bond acceptors (Lipinski definition) is 4. The van der Waals surface area contributed by atoms with Gasteiger partial charge in [0.2, 0.25) is 0 Å². The SMILES string of the molecule is COc1ccc(C(=O)Nc2ncccc2C)c(OC)c1. The van der Waals surface area contributed by atoms with Gasteiger partial charge in [-0.3, -0.25) is 4.79 Å². The molecule has 0 unspecified atom stereocenters. The number of methoxy groups -OCH3 is 2. The van der Waals surface area contributed by atoms with Gasteiger partial charge in [-0.2, -0.15) is 0 Å². The molecule has 0 aliphatic carbocycles. The molecule has 1 N–H and O–H groups in total. The third-order valence-electron chi connectivity index (χ3n) is 2.89. The number of nitrogens with zero attached hydrogens (tertiary/aromatic N) is 1. The van der Waals surface area contributed by atoms with E-state index in [0.717, 1.165) is 5.56 Å². The quantitative estimate of drug-likeness (QED) is 0.929. The minimum Gasteiger partial charge on any atom is -0.497 e. The van der Waals surface area contributed by atoms with E-state index in [9.17, 15) is 4.79 Å². The molecule has 5 heteroatoms. The fraction of sp³-hybridized carbons (Fsp3) is 0.200. The van der Waals surface area contributed by atoms with Gasteiger partial charge in [-0.05, 0) is 30.7 Å². The molecule has 0 saturated heterocycles. The Morgan fingerprint density at radius 3 is 2.65 bits per heavy atom. The van der Waals surface area contributed by atoms with Crippen molar-refractivity contribution in [1.82, 2.24) is 4.98 Å². The van der Waals surface area contributed by atoms with E-state index in [-0.39, 0.29) is 5.91 Å². The number of nitrogens with one attached hydrogen (secondary N) is 1. The first-order valence-corrected chi connectivity index (χ1v) is 6.10. The Hall–Kier alpha value is -2.56. The summed E-state index contributed by atoms with van der Waals surface area (Å²) in [5, 5.41) is 2.77. The molecule has 1 heterocycles. The molecule has 2 rings (SSSR count). The zero-order chi connectivity index (χ0) is 14.5. The van der Waals surface area contributed by atoms with E-state index in [2.05, 4.69) is 10.3 Å². The zero-order valence-corrected chi connectivity index (χ0v) is 11.6. The number of carbonyl (C=O) groups is 1. The average Bonchev–Trinajstić information content (AvgIpc) is 2.48. The van der Waals surface area contributed by atoms with Gasteiger partial charge in [0.25, 0.3) is 5.91 Å². The third-order valence-corrected chi connectivity index (χ3v) is 2.89. The second-order valence-electron chi connectivity index (χ2n) is 4.19. The number of pyridine rings is 1. The largest absolute Gasteiger partial charge is 0.497 e. The number of rotatable bonds is 4. The summed E-state index contributed by atoms with van der Waals surface area (Å²) in [6.07, 6.45) is 1.63. The highest BCUT2D eigenvalue weighted by Gasteiger charge is 2.14. The van der Waals surface area contributed by atoms with Crippen molar-refractivity contribution in [3.05, 3.63) is 47.7 Å². The molecule has 0 aliphatic heterocycles. The van der Waals surface area contributed by atoms with Gasteiger partial charge in [-0.25, -0.2) is 4.98 Å². The molecule has 1 aromatic carbocycles. The van der Waals surface area contributed by atoms with Gasteiger partial charge >= 0.3 is 0 Å². The van der Waals surface area contributed by atoms with Crippen LogP contribution in [0.2, 0.25) is 0 Å². The number of hydrogen-bond donors (Lipinski definition) is 1. The van der Waals surface area contributed by atoms with E-state index >= 15 is 0 Å². The lowest BCUT2D eigenvalue weighted by atomic mass is 10.1. The van der Waals surface area contributed by atoms with E-state index in [0.29, 0.717) is 22.9 Å².